The van der Waals surface area contributed by atoms with Crippen LogP contribution in [-0.2, 0) is 11.3 Å². The number of likely N-dealkylation sites (tertiary alicyclic amines) is 2. The first kappa shape index (κ1) is 16.4. The molecule has 2 aromatic rings. The van der Waals surface area contributed by atoms with Crippen LogP contribution in [0.5, 0.6) is 0 Å². The van der Waals surface area contributed by atoms with Gasteiger partial charge in [-0.2, -0.15) is 0 Å². The molecule has 4 rings (SSSR count). The Labute approximate surface area is 152 Å². The second-order valence-electron chi connectivity index (χ2n) is 6.90. The lowest BCUT2D eigenvalue weighted by molar-refractivity contribution is -0.135. The third-order valence-corrected chi connectivity index (χ3v) is 6.27. The van der Waals surface area contributed by atoms with Crippen LogP contribution in [0.2, 0.25) is 0 Å². The van der Waals surface area contributed by atoms with Crippen molar-refractivity contribution >= 4 is 17.2 Å². The minimum absolute atomic E-state index is 0.173. The summed E-state index contributed by atoms with van der Waals surface area (Å²) in [5.41, 5.74) is 0.842. The molecule has 2 aliphatic rings. The highest BCUT2D eigenvalue weighted by Gasteiger charge is 2.57. The average molecular weight is 354 g/mol. The molecule has 1 amide bonds. The van der Waals surface area contributed by atoms with Gasteiger partial charge in [-0.1, -0.05) is 12.1 Å². The number of pyridine rings is 1. The van der Waals surface area contributed by atoms with Crippen molar-refractivity contribution in [2.75, 3.05) is 26.2 Å². The van der Waals surface area contributed by atoms with Gasteiger partial charge >= 0.3 is 0 Å². The Morgan fingerprint density at radius 1 is 1.44 bits per heavy atom. The van der Waals surface area contributed by atoms with E-state index in [2.05, 4.69) is 27.5 Å². The summed E-state index contributed by atoms with van der Waals surface area (Å²) >= 11 is 1.66. The van der Waals surface area contributed by atoms with Crippen LogP contribution in [-0.4, -0.2) is 51.9 Å². The number of carbonyl (C=O) groups excluding carboxylic acids is 1. The summed E-state index contributed by atoms with van der Waals surface area (Å²) < 4.78 is 0. The Bertz CT molecular complexity index is 748. The van der Waals surface area contributed by atoms with Crippen molar-refractivity contribution < 1.29 is 4.79 Å². The summed E-state index contributed by atoms with van der Waals surface area (Å²) in [6.07, 6.45) is 8.26. The van der Waals surface area contributed by atoms with Crippen LogP contribution in [0.15, 0.2) is 48.8 Å². The van der Waals surface area contributed by atoms with Gasteiger partial charge in [0.2, 0.25) is 5.91 Å². The van der Waals surface area contributed by atoms with Gasteiger partial charge < -0.3 is 4.90 Å². The molecule has 2 fully saturated rings. The van der Waals surface area contributed by atoms with Crippen LogP contribution in [0.3, 0.4) is 0 Å². The second kappa shape index (κ2) is 6.69. The smallest absolute Gasteiger partial charge is 0.231 e. The van der Waals surface area contributed by atoms with Gasteiger partial charge in [-0.05, 0) is 18.1 Å². The van der Waals surface area contributed by atoms with E-state index in [1.807, 2.05) is 34.8 Å². The highest BCUT2D eigenvalue weighted by atomic mass is 32.1. The maximum absolute atomic E-state index is 13.2. The van der Waals surface area contributed by atoms with Crippen molar-refractivity contribution in [3.8, 4) is 0 Å². The summed E-state index contributed by atoms with van der Waals surface area (Å²) in [5.74, 6) is 0.438. The first-order chi connectivity index (χ1) is 12.2. The maximum atomic E-state index is 13.2. The molecule has 0 aliphatic carbocycles. The molecule has 2 saturated heterocycles. The van der Waals surface area contributed by atoms with Crippen molar-refractivity contribution in [1.29, 1.82) is 0 Å². The fourth-order valence-electron chi connectivity index (χ4n) is 4.26. The third-order valence-electron chi connectivity index (χ3n) is 5.38. The number of hydrogen-bond acceptors (Lipinski definition) is 5. The lowest BCUT2D eigenvalue weighted by Gasteiger charge is -2.27. The first-order valence-electron chi connectivity index (χ1n) is 8.64. The number of hydrogen-bond donors (Lipinski definition) is 0. The molecule has 6 heteroatoms. The van der Waals surface area contributed by atoms with Crippen LogP contribution >= 0.6 is 11.3 Å². The van der Waals surface area contributed by atoms with Gasteiger partial charge in [0.05, 0.1) is 10.4 Å². The summed E-state index contributed by atoms with van der Waals surface area (Å²) in [5, 5.41) is 3.09. The van der Waals surface area contributed by atoms with Crippen molar-refractivity contribution in [1.82, 2.24) is 19.8 Å². The van der Waals surface area contributed by atoms with E-state index >= 15 is 0 Å². The van der Waals surface area contributed by atoms with Gasteiger partial charge in [0.15, 0.2) is 0 Å². The van der Waals surface area contributed by atoms with Gasteiger partial charge in [0.1, 0.15) is 0 Å². The highest BCUT2D eigenvalue weighted by molar-refractivity contribution is 7.09. The van der Waals surface area contributed by atoms with Crippen molar-refractivity contribution in [2.24, 2.45) is 5.41 Å². The number of rotatable bonds is 5. The van der Waals surface area contributed by atoms with E-state index < -0.39 is 0 Å². The second-order valence-corrected chi connectivity index (χ2v) is 7.83. The SMILES string of the molecule is C=CCN1CC[C@@]2(CN(Cc3cccnc3)C[C@@H]2c2nccs2)C1=O. The van der Waals surface area contributed by atoms with Crippen molar-refractivity contribution in [2.45, 2.75) is 18.9 Å². The monoisotopic (exact) mass is 354 g/mol. The first-order valence-corrected chi connectivity index (χ1v) is 9.52. The fourth-order valence-corrected chi connectivity index (χ4v) is 5.10. The van der Waals surface area contributed by atoms with Gasteiger partial charge in [-0.15, -0.1) is 17.9 Å². The number of aromatic nitrogens is 2. The van der Waals surface area contributed by atoms with Crippen LogP contribution in [0.1, 0.15) is 22.9 Å². The minimum atomic E-state index is -0.344. The zero-order valence-corrected chi connectivity index (χ0v) is 15.0. The number of thiazole rings is 1. The van der Waals surface area contributed by atoms with E-state index in [0.29, 0.717) is 6.54 Å². The van der Waals surface area contributed by atoms with Gasteiger partial charge in [-0.25, -0.2) is 4.98 Å². The Hall–Kier alpha value is -2.05. The van der Waals surface area contributed by atoms with Crippen molar-refractivity contribution in [3.05, 3.63) is 59.3 Å². The molecule has 0 unspecified atom stereocenters. The maximum Gasteiger partial charge on any atom is 0.231 e. The lowest BCUT2D eigenvalue weighted by Crippen LogP contribution is -2.39. The van der Waals surface area contributed by atoms with E-state index in [-0.39, 0.29) is 17.2 Å². The van der Waals surface area contributed by atoms with Gasteiger partial charge in [-0.3, -0.25) is 14.7 Å². The predicted octanol–water partition coefficient (Wildman–Crippen LogP) is 2.54. The lowest BCUT2D eigenvalue weighted by atomic mass is 9.77. The minimum Gasteiger partial charge on any atom is -0.338 e. The van der Waals surface area contributed by atoms with E-state index in [1.54, 1.807) is 17.5 Å². The highest BCUT2D eigenvalue weighted by Crippen LogP contribution is 2.50. The van der Waals surface area contributed by atoms with Crippen molar-refractivity contribution in [3.63, 3.8) is 0 Å². The van der Waals surface area contributed by atoms with Gasteiger partial charge in [0.25, 0.3) is 0 Å². The molecule has 5 nitrogen and oxygen atoms in total. The zero-order valence-electron chi connectivity index (χ0n) is 14.2. The van der Waals surface area contributed by atoms with E-state index in [1.165, 1.54) is 5.56 Å². The summed E-state index contributed by atoms with van der Waals surface area (Å²) in [6, 6.07) is 4.06. The van der Waals surface area contributed by atoms with Crippen LogP contribution < -0.4 is 0 Å². The number of nitrogens with zero attached hydrogens (tertiary/aromatic N) is 4. The van der Waals surface area contributed by atoms with E-state index in [4.69, 9.17) is 0 Å². The summed E-state index contributed by atoms with van der Waals surface area (Å²) in [7, 11) is 0. The molecular formula is C19H22N4OS. The molecule has 130 valence electrons. The fraction of sp³-hybridized carbons (Fsp3) is 0.421. The molecule has 0 N–H and O–H groups in total. The summed E-state index contributed by atoms with van der Waals surface area (Å²) in [4.78, 5) is 26.3. The molecule has 1 spiro atoms. The molecule has 4 heterocycles. The number of carbonyl (C=O) groups is 1. The Kier molecular flexibility index (Phi) is 4.39. The topological polar surface area (TPSA) is 49.3 Å². The molecule has 0 bridgehead atoms. The Morgan fingerprint density at radius 3 is 3.08 bits per heavy atom. The number of amides is 1. The molecule has 25 heavy (non-hydrogen) atoms. The van der Waals surface area contributed by atoms with Crippen LogP contribution in [0.4, 0.5) is 0 Å². The normalized spacial score (nSPS) is 26.6. The molecule has 0 radical (unpaired) electrons. The zero-order chi connectivity index (χ0) is 17.3. The predicted molar refractivity (Wildman–Crippen MR) is 98.2 cm³/mol. The molecule has 2 atom stereocenters. The van der Waals surface area contributed by atoms with E-state index in [0.717, 1.165) is 37.6 Å². The van der Waals surface area contributed by atoms with Crippen LogP contribution in [0, 0.1) is 5.41 Å². The average Bonchev–Trinajstić information content (AvgIpc) is 3.33. The molecule has 2 aliphatic heterocycles. The standard InChI is InChI=1S/C19H22N4OS/c1-2-8-23-9-5-19(18(23)24)14-22(12-15-4-3-6-20-11-15)13-16(19)17-21-7-10-25-17/h2-4,6-7,10-11,16H,1,5,8-9,12-14H2/t16-,19+/m1/s1. The largest absolute Gasteiger partial charge is 0.338 e. The molecular weight excluding hydrogens is 332 g/mol. The molecule has 0 aromatic carbocycles. The van der Waals surface area contributed by atoms with Crippen LogP contribution in [0.25, 0.3) is 0 Å². The quantitative estimate of drug-likeness (QED) is 0.774. The molecule has 0 saturated carbocycles. The third kappa shape index (κ3) is 2.89. The van der Waals surface area contributed by atoms with E-state index in [9.17, 15) is 4.79 Å². The Morgan fingerprint density at radius 2 is 2.36 bits per heavy atom. The summed E-state index contributed by atoms with van der Waals surface area (Å²) in [6.45, 7) is 7.72. The Balaban J connectivity index is 1.62. The molecule has 2 aromatic heterocycles. The van der Waals surface area contributed by atoms with Gasteiger partial charge in [0, 0.05) is 62.6 Å².